The number of carbonyl (C=O) groups is 2. The zero-order valence-corrected chi connectivity index (χ0v) is 15.4. The fourth-order valence-corrected chi connectivity index (χ4v) is 3.37. The molecule has 2 amide bonds. The van der Waals surface area contributed by atoms with E-state index in [1.165, 1.54) is 4.68 Å². The Balaban J connectivity index is 1.56. The van der Waals surface area contributed by atoms with Crippen LogP contribution in [-0.4, -0.2) is 38.6 Å². The summed E-state index contributed by atoms with van der Waals surface area (Å²) < 4.78 is 1.50. The van der Waals surface area contributed by atoms with Gasteiger partial charge in [0.1, 0.15) is 5.82 Å². The lowest BCUT2D eigenvalue weighted by atomic mass is 10.1. The zero-order valence-electron chi connectivity index (χ0n) is 15.4. The SMILES string of the molecule is Cc1nnnn1C(C(=O)Nc1ccc(N2CCCC2=O)cc1)c1ccccc1. The van der Waals surface area contributed by atoms with Crippen molar-refractivity contribution in [3.8, 4) is 0 Å². The van der Waals surface area contributed by atoms with Gasteiger partial charge in [-0.3, -0.25) is 9.59 Å². The molecule has 1 aromatic heterocycles. The van der Waals surface area contributed by atoms with Gasteiger partial charge in [-0.2, -0.15) is 0 Å². The van der Waals surface area contributed by atoms with Gasteiger partial charge in [0, 0.05) is 24.3 Å². The predicted molar refractivity (Wildman–Crippen MR) is 104 cm³/mol. The standard InChI is InChI=1S/C20H20N6O2/c1-14-22-23-24-26(14)19(15-6-3-2-4-7-15)20(28)21-16-9-11-17(12-10-16)25-13-5-8-18(25)27/h2-4,6-7,9-12,19H,5,8,13H2,1H3,(H,21,28). The minimum Gasteiger partial charge on any atom is -0.324 e. The summed E-state index contributed by atoms with van der Waals surface area (Å²) in [6, 6.07) is 16.0. The summed E-state index contributed by atoms with van der Waals surface area (Å²) >= 11 is 0. The molecule has 1 aliphatic rings. The number of tetrazole rings is 1. The number of aromatic nitrogens is 4. The maximum atomic E-state index is 13.1. The van der Waals surface area contributed by atoms with Crippen LogP contribution in [0.25, 0.3) is 0 Å². The summed E-state index contributed by atoms with van der Waals surface area (Å²) in [5.41, 5.74) is 2.28. The van der Waals surface area contributed by atoms with Crippen LogP contribution >= 0.6 is 0 Å². The van der Waals surface area contributed by atoms with E-state index in [0.29, 0.717) is 17.9 Å². The van der Waals surface area contributed by atoms with Crippen LogP contribution in [0.5, 0.6) is 0 Å². The topological polar surface area (TPSA) is 93.0 Å². The van der Waals surface area contributed by atoms with Crippen LogP contribution in [0.4, 0.5) is 11.4 Å². The first-order valence-corrected chi connectivity index (χ1v) is 9.14. The Morgan fingerprint density at radius 3 is 2.46 bits per heavy atom. The van der Waals surface area contributed by atoms with Crippen LogP contribution in [0.3, 0.4) is 0 Å². The summed E-state index contributed by atoms with van der Waals surface area (Å²) in [6.45, 7) is 2.49. The average Bonchev–Trinajstić information content (AvgIpc) is 3.32. The number of hydrogen-bond donors (Lipinski definition) is 1. The molecule has 2 aromatic carbocycles. The lowest BCUT2D eigenvalue weighted by Gasteiger charge is -2.19. The zero-order chi connectivity index (χ0) is 19.5. The number of nitrogens with zero attached hydrogens (tertiary/aromatic N) is 5. The molecule has 3 aromatic rings. The van der Waals surface area contributed by atoms with Crippen LogP contribution in [0.2, 0.25) is 0 Å². The van der Waals surface area contributed by atoms with Crippen molar-refractivity contribution in [1.29, 1.82) is 0 Å². The highest BCUT2D eigenvalue weighted by Crippen LogP contribution is 2.25. The third kappa shape index (κ3) is 3.48. The van der Waals surface area contributed by atoms with E-state index in [1.54, 1.807) is 24.0 Å². The van der Waals surface area contributed by atoms with Gasteiger partial charge in [0.2, 0.25) is 5.91 Å². The van der Waals surface area contributed by atoms with Crippen molar-refractivity contribution in [1.82, 2.24) is 20.2 Å². The van der Waals surface area contributed by atoms with Gasteiger partial charge in [-0.1, -0.05) is 30.3 Å². The molecule has 1 saturated heterocycles. The molecule has 1 N–H and O–H groups in total. The van der Waals surface area contributed by atoms with Crippen LogP contribution in [-0.2, 0) is 9.59 Å². The van der Waals surface area contributed by atoms with E-state index in [-0.39, 0.29) is 11.8 Å². The molecule has 1 aliphatic heterocycles. The summed E-state index contributed by atoms with van der Waals surface area (Å²) in [6.07, 6.45) is 1.46. The first kappa shape index (κ1) is 17.8. The smallest absolute Gasteiger partial charge is 0.253 e. The molecule has 4 rings (SSSR count). The Labute approximate surface area is 162 Å². The number of nitrogens with one attached hydrogen (secondary N) is 1. The maximum Gasteiger partial charge on any atom is 0.253 e. The molecule has 1 fully saturated rings. The van der Waals surface area contributed by atoms with Crippen LogP contribution < -0.4 is 10.2 Å². The third-order valence-electron chi connectivity index (χ3n) is 4.79. The van der Waals surface area contributed by atoms with Crippen LogP contribution in [0.15, 0.2) is 54.6 Å². The first-order chi connectivity index (χ1) is 13.6. The molecule has 0 spiro atoms. The molecule has 0 saturated carbocycles. The van der Waals surface area contributed by atoms with E-state index in [2.05, 4.69) is 20.8 Å². The minimum absolute atomic E-state index is 0.134. The van der Waals surface area contributed by atoms with E-state index in [4.69, 9.17) is 0 Å². The van der Waals surface area contributed by atoms with E-state index >= 15 is 0 Å². The number of hydrogen-bond acceptors (Lipinski definition) is 5. The Morgan fingerprint density at radius 2 is 1.86 bits per heavy atom. The minimum atomic E-state index is -0.684. The molecule has 8 nitrogen and oxygen atoms in total. The van der Waals surface area contributed by atoms with E-state index < -0.39 is 6.04 Å². The first-order valence-electron chi connectivity index (χ1n) is 9.14. The maximum absolute atomic E-state index is 13.1. The van der Waals surface area contributed by atoms with Gasteiger partial charge in [0.25, 0.3) is 5.91 Å². The largest absolute Gasteiger partial charge is 0.324 e. The highest BCUT2D eigenvalue weighted by molar-refractivity contribution is 5.97. The van der Waals surface area contributed by atoms with E-state index in [0.717, 1.165) is 24.2 Å². The average molecular weight is 376 g/mol. The Kier molecular flexibility index (Phi) is 4.84. The second-order valence-electron chi connectivity index (χ2n) is 6.67. The molecule has 0 radical (unpaired) electrons. The highest BCUT2D eigenvalue weighted by atomic mass is 16.2. The molecule has 1 unspecified atom stereocenters. The molecule has 2 heterocycles. The number of amides is 2. The lowest BCUT2D eigenvalue weighted by molar-refractivity contribution is -0.118. The van der Waals surface area contributed by atoms with Crippen LogP contribution in [0.1, 0.15) is 30.3 Å². The summed E-state index contributed by atoms with van der Waals surface area (Å²) in [7, 11) is 0. The van der Waals surface area contributed by atoms with Crippen LogP contribution in [0, 0.1) is 6.92 Å². The van der Waals surface area contributed by atoms with Crippen molar-refractivity contribution < 1.29 is 9.59 Å². The van der Waals surface area contributed by atoms with E-state index in [1.807, 2.05) is 42.5 Å². The van der Waals surface area contributed by atoms with Crippen molar-refractivity contribution in [3.63, 3.8) is 0 Å². The van der Waals surface area contributed by atoms with Crippen molar-refractivity contribution >= 4 is 23.2 Å². The van der Waals surface area contributed by atoms with Gasteiger partial charge in [-0.25, -0.2) is 4.68 Å². The molecular weight excluding hydrogens is 356 g/mol. The lowest BCUT2D eigenvalue weighted by Crippen LogP contribution is -2.28. The van der Waals surface area contributed by atoms with Gasteiger partial charge in [-0.15, -0.1) is 5.10 Å². The molecule has 142 valence electrons. The summed E-state index contributed by atoms with van der Waals surface area (Å²) in [4.78, 5) is 26.7. The van der Waals surface area contributed by atoms with Crippen molar-refractivity contribution in [2.45, 2.75) is 25.8 Å². The second kappa shape index (κ2) is 7.59. The van der Waals surface area contributed by atoms with Gasteiger partial charge < -0.3 is 10.2 Å². The van der Waals surface area contributed by atoms with Crippen molar-refractivity contribution in [3.05, 3.63) is 66.0 Å². The normalized spacial score (nSPS) is 14.9. The molecule has 28 heavy (non-hydrogen) atoms. The fraction of sp³-hybridized carbons (Fsp3) is 0.250. The molecule has 8 heteroatoms. The number of anilines is 2. The monoisotopic (exact) mass is 376 g/mol. The summed E-state index contributed by atoms with van der Waals surface area (Å²) in [5.74, 6) is 0.439. The van der Waals surface area contributed by atoms with Crippen molar-refractivity contribution in [2.75, 3.05) is 16.8 Å². The molecule has 1 atom stereocenters. The number of carbonyl (C=O) groups excluding carboxylic acids is 2. The Hall–Kier alpha value is -3.55. The van der Waals surface area contributed by atoms with E-state index in [9.17, 15) is 9.59 Å². The van der Waals surface area contributed by atoms with Crippen molar-refractivity contribution in [2.24, 2.45) is 0 Å². The number of benzene rings is 2. The number of rotatable bonds is 5. The Morgan fingerprint density at radius 1 is 1.11 bits per heavy atom. The molecule has 0 aliphatic carbocycles. The van der Waals surface area contributed by atoms with Gasteiger partial charge in [-0.05, 0) is 53.6 Å². The fourth-order valence-electron chi connectivity index (χ4n) is 3.37. The second-order valence-corrected chi connectivity index (χ2v) is 6.67. The number of aryl methyl sites for hydroxylation is 1. The third-order valence-corrected chi connectivity index (χ3v) is 4.79. The van der Waals surface area contributed by atoms with Gasteiger partial charge in [0.15, 0.2) is 6.04 Å². The molecule has 0 bridgehead atoms. The van der Waals surface area contributed by atoms with Gasteiger partial charge in [0.05, 0.1) is 0 Å². The summed E-state index contributed by atoms with van der Waals surface area (Å²) in [5, 5.41) is 14.5. The van der Waals surface area contributed by atoms with Gasteiger partial charge >= 0.3 is 0 Å². The highest BCUT2D eigenvalue weighted by Gasteiger charge is 2.26. The quantitative estimate of drug-likeness (QED) is 0.738. The molecular formula is C20H20N6O2. The predicted octanol–water partition coefficient (Wildman–Crippen LogP) is 2.34. The Bertz CT molecular complexity index is 983.